The molecule has 0 amide bonds. The minimum Gasteiger partial charge on any atom is -0.377 e. The highest BCUT2D eigenvalue weighted by molar-refractivity contribution is 9.10. The monoisotopic (exact) mass is 281 g/mol. The maximum absolute atomic E-state index is 9.30. The highest BCUT2D eigenvalue weighted by Gasteiger charge is 2.45. The van der Waals surface area contributed by atoms with E-state index in [1.54, 1.807) is 0 Å². The third-order valence-electron chi connectivity index (χ3n) is 3.41. The van der Waals surface area contributed by atoms with Gasteiger partial charge >= 0.3 is 0 Å². The van der Waals surface area contributed by atoms with Crippen LogP contribution in [0.1, 0.15) is 24.4 Å². The van der Waals surface area contributed by atoms with Crippen molar-refractivity contribution < 1.29 is 4.74 Å². The van der Waals surface area contributed by atoms with Gasteiger partial charge in [-0.05, 0) is 35.2 Å². The van der Waals surface area contributed by atoms with E-state index in [-0.39, 0.29) is 0 Å². The Morgan fingerprint density at radius 3 is 2.88 bits per heavy atom. The summed E-state index contributed by atoms with van der Waals surface area (Å²) in [6.45, 7) is 1.94. The van der Waals surface area contributed by atoms with Gasteiger partial charge in [0.2, 0.25) is 0 Å². The van der Waals surface area contributed by atoms with Crippen molar-refractivity contribution in [2.75, 3.05) is 13.2 Å². The van der Waals surface area contributed by atoms with Crippen LogP contribution in [0.3, 0.4) is 0 Å². The van der Waals surface area contributed by atoms with Crippen molar-refractivity contribution in [3.8, 4) is 6.07 Å². The molecular formula is C11H12BrN3O. The SMILES string of the molecule is N#CC1(c2nc(Br)c3n2CCCC3)COC1. The van der Waals surface area contributed by atoms with Crippen LogP contribution < -0.4 is 0 Å². The van der Waals surface area contributed by atoms with Crippen molar-refractivity contribution in [2.24, 2.45) is 0 Å². The number of nitriles is 1. The molecule has 0 unspecified atom stereocenters. The Morgan fingerprint density at radius 2 is 2.25 bits per heavy atom. The van der Waals surface area contributed by atoms with Gasteiger partial charge in [-0.1, -0.05) is 0 Å². The van der Waals surface area contributed by atoms with Gasteiger partial charge in [0.25, 0.3) is 0 Å². The number of fused-ring (bicyclic) bond motifs is 1. The first kappa shape index (κ1) is 10.3. The highest BCUT2D eigenvalue weighted by Crippen LogP contribution is 2.35. The van der Waals surface area contributed by atoms with E-state index in [1.807, 2.05) is 0 Å². The second kappa shape index (κ2) is 3.57. The first-order valence-corrected chi connectivity index (χ1v) is 6.30. The Bertz CT molecular complexity index is 470. The molecule has 0 aliphatic carbocycles. The van der Waals surface area contributed by atoms with Gasteiger partial charge in [0.1, 0.15) is 10.4 Å². The summed E-state index contributed by atoms with van der Waals surface area (Å²) in [7, 11) is 0. The van der Waals surface area contributed by atoms with Gasteiger partial charge in [-0.2, -0.15) is 5.26 Å². The molecule has 2 aliphatic heterocycles. The lowest BCUT2D eigenvalue weighted by Gasteiger charge is -2.35. The standard InChI is InChI=1S/C11H12BrN3O/c12-9-8-3-1-2-4-15(8)10(14-9)11(5-13)6-16-7-11/h1-4,6-7H2. The predicted octanol–water partition coefficient (Wildman–Crippen LogP) is 1.77. The Labute approximate surface area is 102 Å². The number of hydrogen-bond acceptors (Lipinski definition) is 3. The maximum atomic E-state index is 9.30. The summed E-state index contributed by atoms with van der Waals surface area (Å²) >= 11 is 3.50. The van der Waals surface area contributed by atoms with Gasteiger partial charge in [-0.25, -0.2) is 4.98 Å². The van der Waals surface area contributed by atoms with Crippen LogP contribution in [0.5, 0.6) is 0 Å². The van der Waals surface area contributed by atoms with Crippen molar-refractivity contribution >= 4 is 15.9 Å². The van der Waals surface area contributed by atoms with E-state index in [1.165, 1.54) is 18.5 Å². The number of ether oxygens (including phenoxy) is 1. The van der Waals surface area contributed by atoms with Gasteiger partial charge in [-0.3, -0.25) is 0 Å². The second-order valence-corrected chi connectivity index (χ2v) is 5.22. The fraction of sp³-hybridized carbons (Fsp3) is 0.636. The molecule has 3 rings (SSSR count). The smallest absolute Gasteiger partial charge is 0.161 e. The van der Waals surface area contributed by atoms with Gasteiger partial charge in [-0.15, -0.1) is 0 Å². The minimum absolute atomic E-state index is 0.479. The summed E-state index contributed by atoms with van der Waals surface area (Å²) in [5.74, 6) is 0.892. The summed E-state index contributed by atoms with van der Waals surface area (Å²) in [5, 5.41) is 9.30. The molecular weight excluding hydrogens is 270 g/mol. The Kier molecular flexibility index (Phi) is 2.30. The average molecular weight is 282 g/mol. The molecule has 5 heteroatoms. The zero-order chi connectivity index (χ0) is 11.2. The van der Waals surface area contributed by atoms with Gasteiger partial charge in [0, 0.05) is 6.54 Å². The molecule has 84 valence electrons. The summed E-state index contributed by atoms with van der Waals surface area (Å²) in [4.78, 5) is 4.53. The zero-order valence-electron chi connectivity index (χ0n) is 8.87. The molecule has 1 aromatic heterocycles. The van der Waals surface area contributed by atoms with Crippen LogP contribution in [0.25, 0.3) is 0 Å². The number of nitrogens with zero attached hydrogens (tertiary/aromatic N) is 3. The van der Waals surface area contributed by atoms with E-state index < -0.39 is 5.41 Å². The molecule has 1 fully saturated rings. The maximum Gasteiger partial charge on any atom is 0.161 e. The molecule has 0 N–H and O–H groups in total. The summed E-state index contributed by atoms with van der Waals surface area (Å²) in [6.07, 6.45) is 3.43. The van der Waals surface area contributed by atoms with Crippen molar-refractivity contribution in [2.45, 2.75) is 31.2 Å². The number of rotatable bonds is 1. The first-order valence-electron chi connectivity index (χ1n) is 5.51. The predicted molar refractivity (Wildman–Crippen MR) is 61.0 cm³/mol. The first-order chi connectivity index (χ1) is 7.77. The molecule has 0 aromatic carbocycles. The van der Waals surface area contributed by atoms with E-state index in [0.717, 1.165) is 23.4 Å². The van der Waals surface area contributed by atoms with Crippen molar-refractivity contribution in [3.63, 3.8) is 0 Å². The lowest BCUT2D eigenvalue weighted by atomic mass is 9.86. The Hall–Kier alpha value is -0.860. The van der Waals surface area contributed by atoms with E-state index >= 15 is 0 Å². The average Bonchev–Trinajstić information content (AvgIpc) is 2.58. The van der Waals surface area contributed by atoms with Gasteiger partial charge in [0.05, 0.1) is 25.0 Å². The van der Waals surface area contributed by atoms with Crippen molar-refractivity contribution in [3.05, 3.63) is 16.1 Å². The summed E-state index contributed by atoms with van der Waals surface area (Å²) in [5.41, 5.74) is 0.737. The number of aromatic nitrogens is 2. The van der Waals surface area contributed by atoms with Crippen LogP contribution in [0.4, 0.5) is 0 Å². The van der Waals surface area contributed by atoms with E-state index in [9.17, 15) is 5.26 Å². The number of imidazole rings is 1. The van der Waals surface area contributed by atoms with Crippen LogP contribution in [0.2, 0.25) is 0 Å². The topological polar surface area (TPSA) is 50.8 Å². The summed E-state index contributed by atoms with van der Waals surface area (Å²) in [6, 6.07) is 2.37. The largest absolute Gasteiger partial charge is 0.377 e. The van der Waals surface area contributed by atoms with E-state index in [2.05, 4.69) is 31.6 Å². The van der Waals surface area contributed by atoms with Gasteiger partial charge < -0.3 is 9.30 Å². The second-order valence-electron chi connectivity index (χ2n) is 4.47. The van der Waals surface area contributed by atoms with Crippen molar-refractivity contribution in [1.82, 2.24) is 9.55 Å². The molecule has 16 heavy (non-hydrogen) atoms. The third kappa shape index (κ3) is 1.26. The lowest BCUT2D eigenvalue weighted by Crippen LogP contribution is -2.47. The normalized spacial score (nSPS) is 22.0. The quantitative estimate of drug-likeness (QED) is 0.788. The molecule has 3 heterocycles. The van der Waals surface area contributed by atoms with Crippen LogP contribution in [0, 0.1) is 11.3 Å². The fourth-order valence-corrected chi connectivity index (χ4v) is 2.99. The third-order valence-corrected chi connectivity index (χ3v) is 4.04. The molecule has 1 saturated heterocycles. The lowest BCUT2D eigenvalue weighted by molar-refractivity contribution is -0.0356. The van der Waals surface area contributed by atoms with Crippen LogP contribution >= 0.6 is 15.9 Å². The number of hydrogen-bond donors (Lipinski definition) is 0. The molecule has 0 radical (unpaired) electrons. The molecule has 0 bridgehead atoms. The molecule has 0 spiro atoms. The Balaban J connectivity index is 2.11. The van der Waals surface area contributed by atoms with Crippen LogP contribution in [-0.2, 0) is 23.1 Å². The minimum atomic E-state index is -0.502. The highest BCUT2D eigenvalue weighted by atomic mass is 79.9. The van der Waals surface area contributed by atoms with Crippen LogP contribution in [0.15, 0.2) is 4.60 Å². The molecule has 0 saturated carbocycles. The summed E-state index contributed by atoms with van der Waals surface area (Å²) < 4.78 is 8.31. The van der Waals surface area contributed by atoms with E-state index in [4.69, 9.17) is 4.74 Å². The molecule has 4 nitrogen and oxygen atoms in total. The van der Waals surface area contributed by atoms with Crippen molar-refractivity contribution in [1.29, 1.82) is 5.26 Å². The zero-order valence-corrected chi connectivity index (χ0v) is 10.5. The van der Waals surface area contributed by atoms with Gasteiger partial charge in [0.15, 0.2) is 5.41 Å². The fourth-order valence-electron chi connectivity index (χ4n) is 2.41. The van der Waals surface area contributed by atoms with E-state index in [0.29, 0.717) is 13.2 Å². The molecule has 0 atom stereocenters. The molecule has 2 aliphatic rings. The van der Waals surface area contributed by atoms with Crippen LogP contribution in [-0.4, -0.2) is 22.8 Å². The number of halogens is 1. The Morgan fingerprint density at radius 1 is 1.44 bits per heavy atom. The molecule has 1 aromatic rings.